The summed E-state index contributed by atoms with van der Waals surface area (Å²) >= 11 is 0. The standard InChI is InChI=1S/C30H35N5O3/c1-22-21-23(38-2)13-14-26(22)34-19-17-33(18-20-34)16-7-3-4-12-28(36)35-27-11-6-5-9-24(27)30(37)32-25-10-8-15-31-29(25)35/h5-6,8-11,13-15,21H,3-4,7,12,16-20H2,1-2H3,(H,32,37). The zero-order chi connectivity index (χ0) is 26.5. The van der Waals surface area contributed by atoms with E-state index < -0.39 is 0 Å². The van der Waals surface area contributed by atoms with Gasteiger partial charge in [-0.2, -0.15) is 0 Å². The summed E-state index contributed by atoms with van der Waals surface area (Å²) in [5.74, 6) is 1.10. The molecule has 5 rings (SSSR count). The summed E-state index contributed by atoms with van der Waals surface area (Å²) in [6, 6.07) is 17.0. The summed E-state index contributed by atoms with van der Waals surface area (Å²) in [4.78, 5) is 37.2. The van der Waals surface area contributed by atoms with Crippen LogP contribution in [0, 0.1) is 6.92 Å². The number of nitrogens with zero attached hydrogens (tertiary/aromatic N) is 4. The number of rotatable bonds is 8. The van der Waals surface area contributed by atoms with Gasteiger partial charge in [0.1, 0.15) is 5.75 Å². The molecule has 38 heavy (non-hydrogen) atoms. The van der Waals surface area contributed by atoms with E-state index in [1.54, 1.807) is 36.4 Å². The van der Waals surface area contributed by atoms with Crippen LogP contribution in [-0.4, -0.2) is 61.5 Å². The number of piperazine rings is 1. The van der Waals surface area contributed by atoms with Gasteiger partial charge in [-0.15, -0.1) is 0 Å². The Morgan fingerprint density at radius 2 is 1.79 bits per heavy atom. The van der Waals surface area contributed by atoms with Gasteiger partial charge in [-0.25, -0.2) is 4.98 Å². The summed E-state index contributed by atoms with van der Waals surface area (Å²) in [5, 5.41) is 2.89. The molecule has 0 radical (unpaired) electrons. The first-order chi connectivity index (χ1) is 18.5. The second-order valence-corrected chi connectivity index (χ2v) is 9.87. The van der Waals surface area contributed by atoms with Crippen LogP contribution in [0.15, 0.2) is 60.8 Å². The molecule has 1 fully saturated rings. The number of ether oxygens (including phenoxy) is 1. The monoisotopic (exact) mass is 513 g/mol. The molecule has 1 saturated heterocycles. The number of pyridine rings is 1. The van der Waals surface area contributed by atoms with E-state index in [-0.39, 0.29) is 11.8 Å². The van der Waals surface area contributed by atoms with Gasteiger partial charge < -0.3 is 15.0 Å². The number of aryl methyl sites for hydroxylation is 1. The summed E-state index contributed by atoms with van der Waals surface area (Å²) in [6.07, 6.45) is 4.88. The van der Waals surface area contributed by atoms with Crippen LogP contribution < -0.4 is 19.9 Å². The van der Waals surface area contributed by atoms with Crippen LogP contribution in [0.1, 0.15) is 41.6 Å². The molecule has 2 amide bonds. The highest BCUT2D eigenvalue weighted by Crippen LogP contribution is 2.36. The summed E-state index contributed by atoms with van der Waals surface area (Å²) in [7, 11) is 1.70. The lowest BCUT2D eigenvalue weighted by Crippen LogP contribution is -2.46. The molecule has 2 aromatic carbocycles. The van der Waals surface area contributed by atoms with E-state index >= 15 is 0 Å². The fraction of sp³-hybridized carbons (Fsp3) is 0.367. The van der Waals surface area contributed by atoms with Gasteiger partial charge >= 0.3 is 0 Å². The molecule has 0 bridgehead atoms. The van der Waals surface area contributed by atoms with Crippen molar-refractivity contribution in [2.75, 3.05) is 55.0 Å². The molecule has 8 heteroatoms. The van der Waals surface area contributed by atoms with Gasteiger partial charge in [0, 0.05) is 44.5 Å². The van der Waals surface area contributed by atoms with Crippen molar-refractivity contribution in [2.45, 2.75) is 32.6 Å². The van der Waals surface area contributed by atoms with Gasteiger partial charge in [-0.3, -0.25) is 19.4 Å². The molecule has 0 unspecified atom stereocenters. The van der Waals surface area contributed by atoms with Crippen molar-refractivity contribution in [1.82, 2.24) is 9.88 Å². The Kier molecular flexibility index (Phi) is 7.89. The Morgan fingerprint density at radius 3 is 2.58 bits per heavy atom. The van der Waals surface area contributed by atoms with E-state index in [4.69, 9.17) is 4.74 Å². The zero-order valence-corrected chi connectivity index (χ0v) is 22.2. The lowest BCUT2D eigenvalue weighted by Gasteiger charge is -2.37. The van der Waals surface area contributed by atoms with Crippen LogP contribution in [0.25, 0.3) is 0 Å². The third kappa shape index (κ3) is 5.50. The average molecular weight is 514 g/mol. The number of carbonyl (C=O) groups excluding carboxylic acids is 2. The second kappa shape index (κ2) is 11.6. The third-order valence-corrected chi connectivity index (χ3v) is 7.37. The highest BCUT2D eigenvalue weighted by atomic mass is 16.5. The Hall–Kier alpha value is -3.91. The van der Waals surface area contributed by atoms with Crippen molar-refractivity contribution in [3.63, 3.8) is 0 Å². The molecule has 3 heterocycles. The van der Waals surface area contributed by atoms with Gasteiger partial charge in [0.2, 0.25) is 5.91 Å². The highest BCUT2D eigenvalue weighted by Gasteiger charge is 2.29. The molecule has 2 aliphatic heterocycles. The lowest BCUT2D eigenvalue weighted by molar-refractivity contribution is -0.118. The first-order valence-corrected chi connectivity index (χ1v) is 13.4. The number of unbranched alkanes of at least 4 members (excludes halogenated alkanes) is 2. The third-order valence-electron chi connectivity index (χ3n) is 7.37. The van der Waals surface area contributed by atoms with E-state index in [1.807, 2.05) is 24.3 Å². The minimum atomic E-state index is -0.229. The van der Waals surface area contributed by atoms with E-state index in [0.717, 1.165) is 57.7 Å². The number of amides is 2. The molecule has 2 aliphatic rings. The first-order valence-electron chi connectivity index (χ1n) is 13.4. The Labute approximate surface area is 224 Å². The summed E-state index contributed by atoms with van der Waals surface area (Å²) < 4.78 is 5.34. The van der Waals surface area contributed by atoms with E-state index in [9.17, 15) is 9.59 Å². The fourth-order valence-corrected chi connectivity index (χ4v) is 5.31. The molecule has 198 valence electrons. The molecule has 0 atom stereocenters. The maximum absolute atomic E-state index is 13.4. The Bertz CT molecular complexity index is 1300. The molecule has 0 spiro atoms. The molecule has 8 nitrogen and oxygen atoms in total. The first kappa shape index (κ1) is 25.7. The maximum atomic E-state index is 13.4. The van der Waals surface area contributed by atoms with Crippen LogP contribution >= 0.6 is 0 Å². The molecule has 3 aromatic rings. The van der Waals surface area contributed by atoms with Crippen LogP contribution in [0.5, 0.6) is 5.75 Å². The second-order valence-electron chi connectivity index (χ2n) is 9.87. The van der Waals surface area contributed by atoms with Crippen molar-refractivity contribution in [1.29, 1.82) is 0 Å². The van der Waals surface area contributed by atoms with Crippen molar-refractivity contribution in [3.05, 3.63) is 71.9 Å². The number of benzene rings is 2. The van der Waals surface area contributed by atoms with E-state index in [0.29, 0.717) is 29.2 Å². The topological polar surface area (TPSA) is 78.0 Å². The normalized spacial score (nSPS) is 15.4. The molecule has 0 aliphatic carbocycles. The van der Waals surface area contributed by atoms with Crippen LogP contribution in [0.2, 0.25) is 0 Å². The number of aromatic nitrogens is 1. The van der Waals surface area contributed by atoms with Crippen LogP contribution in [0.4, 0.5) is 22.9 Å². The fourth-order valence-electron chi connectivity index (χ4n) is 5.31. The van der Waals surface area contributed by atoms with Gasteiger partial charge in [-0.05, 0) is 74.3 Å². The van der Waals surface area contributed by atoms with Gasteiger partial charge in [-0.1, -0.05) is 18.6 Å². The average Bonchev–Trinajstić information content (AvgIpc) is 3.07. The van der Waals surface area contributed by atoms with Crippen molar-refractivity contribution in [3.8, 4) is 5.75 Å². The molecular formula is C30H35N5O3. The van der Waals surface area contributed by atoms with Crippen LogP contribution in [0.3, 0.4) is 0 Å². The quantitative estimate of drug-likeness (QED) is 0.427. The number of nitrogens with one attached hydrogen (secondary N) is 1. The summed E-state index contributed by atoms with van der Waals surface area (Å²) in [6.45, 7) is 7.28. The minimum Gasteiger partial charge on any atom is -0.497 e. The Morgan fingerprint density at radius 1 is 0.974 bits per heavy atom. The molecule has 1 aromatic heterocycles. The van der Waals surface area contributed by atoms with Gasteiger partial charge in [0.15, 0.2) is 5.82 Å². The van der Waals surface area contributed by atoms with Gasteiger partial charge in [0.05, 0.1) is 24.0 Å². The minimum absolute atomic E-state index is 0.0441. The van der Waals surface area contributed by atoms with Crippen LogP contribution in [-0.2, 0) is 4.79 Å². The summed E-state index contributed by atoms with van der Waals surface area (Å²) in [5.41, 5.74) is 4.13. The lowest BCUT2D eigenvalue weighted by atomic mass is 10.1. The van der Waals surface area contributed by atoms with E-state index in [2.05, 4.69) is 39.2 Å². The molecule has 1 N–H and O–H groups in total. The predicted octanol–water partition coefficient (Wildman–Crippen LogP) is 5.01. The Balaban J connectivity index is 1.11. The van der Waals surface area contributed by atoms with Crippen molar-refractivity contribution < 1.29 is 14.3 Å². The maximum Gasteiger partial charge on any atom is 0.257 e. The number of hydrogen-bond donors (Lipinski definition) is 1. The number of para-hydroxylation sites is 1. The van der Waals surface area contributed by atoms with Gasteiger partial charge in [0.25, 0.3) is 5.91 Å². The number of hydrogen-bond acceptors (Lipinski definition) is 6. The smallest absolute Gasteiger partial charge is 0.257 e. The number of fused-ring (bicyclic) bond motifs is 2. The zero-order valence-electron chi connectivity index (χ0n) is 22.2. The number of methoxy groups -OCH3 is 1. The van der Waals surface area contributed by atoms with Crippen molar-refractivity contribution in [2.24, 2.45) is 0 Å². The number of carbonyl (C=O) groups is 2. The highest BCUT2D eigenvalue weighted by molar-refractivity contribution is 6.17. The predicted molar refractivity (Wildman–Crippen MR) is 151 cm³/mol. The molecular weight excluding hydrogens is 478 g/mol. The van der Waals surface area contributed by atoms with E-state index in [1.165, 1.54) is 11.3 Å². The molecule has 0 saturated carbocycles. The van der Waals surface area contributed by atoms with Crippen molar-refractivity contribution >= 4 is 34.7 Å². The number of anilines is 4. The SMILES string of the molecule is COc1ccc(N2CCN(CCCCCC(=O)N3c4ccccc4C(=O)Nc4cccnc43)CC2)c(C)c1. The largest absolute Gasteiger partial charge is 0.497 e.